The molecule has 0 unspecified atom stereocenters. The minimum Gasteiger partial charge on any atom is -0.464 e. The molecule has 4 heteroatoms. The van der Waals surface area contributed by atoms with E-state index in [4.69, 9.17) is 11.6 Å². The van der Waals surface area contributed by atoms with E-state index in [0.29, 0.717) is 10.7 Å². The Hall–Kier alpha value is -1.48. The number of benzene rings is 1. The quantitative estimate of drug-likeness (QED) is 0.774. The van der Waals surface area contributed by atoms with Gasteiger partial charge in [0.15, 0.2) is 0 Å². The molecular formula is C12H12ClNO2. The fraction of sp³-hybridized carbons (Fsp3) is 0.250. The molecule has 0 radical (unpaired) electrons. The number of H-pyrrole nitrogens is 1. The highest BCUT2D eigenvalue weighted by molar-refractivity contribution is 6.35. The Kier molecular flexibility index (Phi) is 2.64. The number of aromatic nitrogens is 1. The number of ether oxygens (including phenoxy) is 1. The molecule has 16 heavy (non-hydrogen) atoms. The van der Waals surface area contributed by atoms with Crippen LogP contribution in [-0.4, -0.2) is 18.1 Å². The first-order valence-electron chi connectivity index (χ1n) is 4.91. The van der Waals surface area contributed by atoms with E-state index < -0.39 is 0 Å². The monoisotopic (exact) mass is 237 g/mol. The molecule has 1 aromatic carbocycles. The third-order valence-corrected chi connectivity index (χ3v) is 3.10. The van der Waals surface area contributed by atoms with Crippen LogP contribution >= 0.6 is 11.6 Å². The minimum atomic E-state index is -0.385. The molecular weight excluding hydrogens is 226 g/mol. The number of carbonyl (C=O) groups is 1. The normalized spacial score (nSPS) is 10.8. The van der Waals surface area contributed by atoms with E-state index in [0.717, 1.165) is 22.0 Å². The van der Waals surface area contributed by atoms with E-state index >= 15 is 0 Å². The molecule has 0 saturated carbocycles. The number of nitrogens with one attached hydrogen (secondary N) is 1. The SMILES string of the molecule is COC(=O)c1cc2c(Cl)cc(C)c(C)c2[nH]1. The second-order valence-electron chi connectivity index (χ2n) is 3.76. The van der Waals surface area contributed by atoms with Crippen LogP contribution in [0.25, 0.3) is 10.9 Å². The van der Waals surface area contributed by atoms with Crippen molar-refractivity contribution in [1.29, 1.82) is 0 Å². The number of fused-ring (bicyclic) bond motifs is 1. The predicted molar refractivity (Wildman–Crippen MR) is 64.1 cm³/mol. The first-order valence-corrected chi connectivity index (χ1v) is 5.29. The van der Waals surface area contributed by atoms with Crippen molar-refractivity contribution in [1.82, 2.24) is 4.98 Å². The first kappa shape index (κ1) is 11.0. The van der Waals surface area contributed by atoms with Gasteiger partial charge in [0.1, 0.15) is 5.69 Å². The van der Waals surface area contributed by atoms with Gasteiger partial charge in [0, 0.05) is 5.39 Å². The van der Waals surface area contributed by atoms with Crippen LogP contribution in [0, 0.1) is 13.8 Å². The van der Waals surface area contributed by atoms with Gasteiger partial charge in [-0.1, -0.05) is 11.6 Å². The number of hydrogen-bond donors (Lipinski definition) is 1. The lowest BCUT2D eigenvalue weighted by atomic mass is 10.1. The van der Waals surface area contributed by atoms with Gasteiger partial charge in [-0.25, -0.2) is 4.79 Å². The van der Waals surface area contributed by atoms with Crippen LogP contribution in [0.2, 0.25) is 5.02 Å². The van der Waals surface area contributed by atoms with E-state index in [2.05, 4.69) is 9.72 Å². The highest BCUT2D eigenvalue weighted by atomic mass is 35.5. The molecule has 0 bridgehead atoms. The maximum Gasteiger partial charge on any atom is 0.354 e. The summed E-state index contributed by atoms with van der Waals surface area (Å²) in [5.41, 5.74) is 3.50. The Labute approximate surface area is 98.4 Å². The summed E-state index contributed by atoms with van der Waals surface area (Å²) in [5, 5.41) is 1.50. The maximum absolute atomic E-state index is 11.4. The second-order valence-corrected chi connectivity index (χ2v) is 4.17. The molecule has 2 rings (SSSR count). The highest BCUT2D eigenvalue weighted by Gasteiger charge is 2.13. The Morgan fingerprint density at radius 1 is 1.38 bits per heavy atom. The van der Waals surface area contributed by atoms with Crippen LogP contribution in [0.4, 0.5) is 0 Å². The van der Waals surface area contributed by atoms with Crippen molar-refractivity contribution in [2.45, 2.75) is 13.8 Å². The van der Waals surface area contributed by atoms with Gasteiger partial charge in [-0.15, -0.1) is 0 Å². The molecule has 0 saturated heterocycles. The van der Waals surface area contributed by atoms with E-state index in [9.17, 15) is 4.79 Å². The highest BCUT2D eigenvalue weighted by Crippen LogP contribution is 2.29. The largest absolute Gasteiger partial charge is 0.464 e. The number of aromatic amines is 1. The van der Waals surface area contributed by atoms with Crippen LogP contribution in [-0.2, 0) is 4.74 Å². The van der Waals surface area contributed by atoms with Gasteiger partial charge in [0.25, 0.3) is 0 Å². The van der Waals surface area contributed by atoms with Gasteiger partial charge in [0.2, 0.25) is 0 Å². The number of carbonyl (C=O) groups excluding carboxylic acids is 1. The fourth-order valence-corrected chi connectivity index (χ4v) is 2.04. The number of methoxy groups -OCH3 is 1. The average molecular weight is 238 g/mol. The van der Waals surface area contributed by atoms with Crippen molar-refractivity contribution < 1.29 is 9.53 Å². The molecule has 0 atom stereocenters. The zero-order valence-electron chi connectivity index (χ0n) is 9.35. The molecule has 0 spiro atoms. The van der Waals surface area contributed by atoms with Crippen molar-refractivity contribution >= 4 is 28.5 Å². The number of hydrogen-bond acceptors (Lipinski definition) is 2. The lowest BCUT2D eigenvalue weighted by Gasteiger charge is -2.02. The fourth-order valence-electron chi connectivity index (χ4n) is 1.73. The summed E-state index contributed by atoms with van der Waals surface area (Å²) in [4.78, 5) is 14.4. The number of rotatable bonds is 1. The summed E-state index contributed by atoms with van der Waals surface area (Å²) in [7, 11) is 1.35. The lowest BCUT2D eigenvalue weighted by molar-refractivity contribution is 0.0595. The molecule has 1 aromatic heterocycles. The van der Waals surface area contributed by atoms with Crippen molar-refractivity contribution in [3.05, 3.63) is 34.0 Å². The Balaban J connectivity index is 2.74. The molecule has 0 amide bonds. The first-order chi connectivity index (χ1) is 7.54. The molecule has 0 aliphatic heterocycles. The Morgan fingerprint density at radius 3 is 2.69 bits per heavy atom. The van der Waals surface area contributed by atoms with Crippen molar-refractivity contribution in [3.8, 4) is 0 Å². The predicted octanol–water partition coefficient (Wildman–Crippen LogP) is 3.22. The van der Waals surface area contributed by atoms with Gasteiger partial charge in [0.05, 0.1) is 17.6 Å². The third-order valence-electron chi connectivity index (χ3n) is 2.79. The summed E-state index contributed by atoms with van der Waals surface area (Å²) >= 11 is 6.12. The van der Waals surface area contributed by atoms with E-state index in [1.807, 2.05) is 19.9 Å². The summed E-state index contributed by atoms with van der Waals surface area (Å²) in [6.45, 7) is 3.98. The summed E-state index contributed by atoms with van der Waals surface area (Å²) in [5.74, 6) is -0.385. The average Bonchev–Trinajstić information content (AvgIpc) is 2.70. The van der Waals surface area contributed by atoms with Crippen LogP contribution < -0.4 is 0 Å². The molecule has 3 nitrogen and oxygen atoms in total. The molecule has 84 valence electrons. The van der Waals surface area contributed by atoms with E-state index in [-0.39, 0.29) is 5.97 Å². The Morgan fingerprint density at radius 2 is 2.06 bits per heavy atom. The lowest BCUT2D eigenvalue weighted by Crippen LogP contribution is -2.00. The van der Waals surface area contributed by atoms with Gasteiger partial charge < -0.3 is 9.72 Å². The van der Waals surface area contributed by atoms with Crippen molar-refractivity contribution in [2.75, 3.05) is 7.11 Å². The van der Waals surface area contributed by atoms with Gasteiger partial charge in [-0.05, 0) is 37.1 Å². The van der Waals surface area contributed by atoms with Crippen LogP contribution in [0.1, 0.15) is 21.6 Å². The Bertz CT molecular complexity index is 572. The van der Waals surface area contributed by atoms with Crippen LogP contribution in [0.5, 0.6) is 0 Å². The third kappa shape index (κ3) is 1.57. The van der Waals surface area contributed by atoms with E-state index in [1.165, 1.54) is 7.11 Å². The molecule has 0 aliphatic rings. The molecule has 0 fully saturated rings. The smallest absolute Gasteiger partial charge is 0.354 e. The topological polar surface area (TPSA) is 42.1 Å². The van der Waals surface area contributed by atoms with E-state index in [1.54, 1.807) is 6.07 Å². The van der Waals surface area contributed by atoms with Gasteiger partial charge >= 0.3 is 5.97 Å². The number of halogens is 1. The summed E-state index contributed by atoms with van der Waals surface area (Å²) in [6, 6.07) is 3.62. The molecule has 0 aliphatic carbocycles. The summed E-state index contributed by atoms with van der Waals surface area (Å²) < 4.78 is 4.66. The maximum atomic E-state index is 11.4. The minimum absolute atomic E-state index is 0.385. The van der Waals surface area contributed by atoms with Gasteiger partial charge in [-0.3, -0.25) is 0 Å². The zero-order valence-corrected chi connectivity index (χ0v) is 10.1. The molecule has 1 heterocycles. The van der Waals surface area contributed by atoms with Crippen LogP contribution in [0.3, 0.4) is 0 Å². The van der Waals surface area contributed by atoms with Crippen molar-refractivity contribution in [3.63, 3.8) is 0 Å². The zero-order chi connectivity index (χ0) is 11.9. The number of esters is 1. The summed E-state index contributed by atoms with van der Waals surface area (Å²) in [6.07, 6.45) is 0. The van der Waals surface area contributed by atoms with Crippen LogP contribution in [0.15, 0.2) is 12.1 Å². The molecule has 2 aromatic rings. The molecule has 1 N–H and O–H groups in total. The van der Waals surface area contributed by atoms with Gasteiger partial charge in [-0.2, -0.15) is 0 Å². The standard InChI is InChI=1S/C12H12ClNO2/c1-6-4-9(13)8-5-10(12(15)16-3)14-11(8)7(6)2/h4-5,14H,1-3H3. The van der Waals surface area contributed by atoms with Crippen molar-refractivity contribution in [2.24, 2.45) is 0 Å². The second kappa shape index (κ2) is 3.83. The number of aryl methyl sites for hydroxylation is 2.